The summed E-state index contributed by atoms with van der Waals surface area (Å²) in [5, 5.41) is 3.69. The van der Waals surface area contributed by atoms with E-state index in [1.165, 1.54) is 81.2 Å². The Kier molecular flexibility index (Phi) is 6.46. The number of benzene rings is 8. The predicted octanol–water partition coefficient (Wildman–Crippen LogP) is 14.1. The molecule has 0 fully saturated rings. The van der Waals surface area contributed by atoms with Crippen LogP contribution in [0.1, 0.15) is 22.3 Å². The van der Waals surface area contributed by atoms with Crippen LogP contribution in [-0.4, -0.2) is 4.98 Å². The van der Waals surface area contributed by atoms with Crippen LogP contribution in [0.4, 0.5) is 17.2 Å². The standard InChI is InChI=1S/C52H32N2S/c1-2-12-33(13-3-1)34-22-24-37(25-23-34)54(50-29-28-48-51(53-50)43-30-35-14-4-5-15-36(35)31-49(43)55-48)38-26-27-47-42(32-38)41-18-8-11-21-46(41)52(47)44-19-9-6-16-39(44)40-17-7-10-20-45(40)52/h1-32H. The fourth-order valence-corrected chi connectivity index (χ4v) is 10.6. The minimum absolute atomic E-state index is 0.380. The molecule has 0 radical (unpaired) electrons. The number of aromatic nitrogens is 1. The van der Waals surface area contributed by atoms with Gasteiger partial charge in [-0.2, -0.15) is 0 Å². The number of nitrogens with zero attached hydrogens (tertiary/aromatic N) is 2. The van der Waals surface area contributed by atoms with Crippen molar-refractivity contribution in [3.8, 4) is 33.4 Å². The summed E-state index contributed by atoms with van der Waals surface area (Å²) in [4.78, 5) is 7.85. The zero-order valence-electron chi connectivity index (χ0n) is 29.8. The van der Waals surface area contributed by atoms with Gasteiger partial charge >= 0.3 is 0 Å². The Labute approximate surface area is 323 Å². The van der Waals surface area contributed by atoms with Gasteiger partial charge in [-0.25, -0.2) is 4.98 Å². The van der Waals surface area contributed by atoms with Crippen molar-refractivity contribution in [1.82, 2.24) is 4.98 Å². The summed E-state index contributed by atoms with van der Waals surface area (Å²) in [6.45, 7) is 0. The van der Waals surface area contributed by atoms with Gasteiger partial charge in [0.2, 0.25) is 0 Å². The number of rotatable bonds is 4. The summed E-state index contributed by atoms with van der Waals surface area (Å²) in [7, 11) is 0. The molecule has 8 aromatic carbocycles. The molecule has 0 unspecified atom stereocenters. The molecule has 0 saturated carbocycles. The van der Waals surface area contributed by atoms with Gasteiger partial charge in [0.25, 0.3) is 0 Å². The van der Waals surface area contributed by atoms with Gasteiger partial charge in [-0.05, 0) is 115 Å². The van der Waals surface area contributed by atoms with Gasteiger partial charge in [-0.15, -0.1) is 11.3 Å². The molecule has 2 aliphatic rings. The lowest BCUT2D eigenvalue weighted by molar-refractivity contribution is 0.794. The quantitative estimate of drug-likeness (QED) is 0.180. The minimum atomic E-state index is -0.380. The maximum atomic E-state index is 5.51. The minimum Gasteiger partial charge on any atom is -0.295 e. The zero-order valence-corrected chi connectivity index (χ0v) is 30.6. The number of anilines is 3. The lowest BCUT2D eigenvalue weighted by Gasteiger charge is -2.31. The summed E-state index contributed by atoms with van der Waals surface area (Å²) >= 11 is 1.82. The van der Waals surface area contributed by atoms with E-state index >= 15 is 0 Å². The van der Waals surface area contributed by atoms with E-state index in [9.17, 15) is 0 Å². The molecule has 10 aromatic rings. The van der Waals surface area contributed by atoms with Crippen LogP contribution in [0.3, 0.4) is 0 Å². The first-order valence-corrected chi connectivity index (χ1v) is 19.7. The smallest absolute Gasteiger partial charge is 0.138 e. The molecule has 2 aliphatic carbocycles. The van der Waals surface area contributed by atoms with E-state index < -0.39 is 0 Å². The van der Waals surface area contributed by atoms with Crippen molar-refractivity contribution >= 4 is 59.6 Å². The van der Waals surface area contributed by atoms with Crippen LogP contribution in [0.15, 0.2) is 194 Å². The number of fused-ring (bicyclic) bond motifs is 14. The highest BCUT2D eigenvalue weighted by Gasteiger charge is 2.51. The third kappa shape index (κ3) is 4.33. The number of hydrogen-bond donors (Lipinski definition) is 0. The fraction of sp³-hybridized carbons (Fsp3) is 0.0192. The molecule has 2 aromatic heterocycles. The summed E-state index contributed by atoms with van der Waals surface area (Å²) in [6.07, 6.45) is 0. The van der Waals surface area contributed by atoms with Gasteiger partial charge in [0.1, 0.15) is 5.82 Å². The van der Waals surface area contributed by atoms with E-state index in [-0.39, 0.29) is 5.41 Å². The molecule has 0 aliphatic heterocycles. The van der Waals surface area contributed by atoms with Crippen LogP contribution in [0, 0.1) is 0 Å². The first-order chi connectivity index (χ1) is 27.3. The van der Waals surface area contributed by atoms with E-state index in [1.54, 1.807) is 0 Å². The molecular formula is C52H32N2S. The molecule has 0 saturated heterocycles. The SMILES string of the molecule is c1ccc(-c2ccc(N(c3ccc4c(c3)-c3ccccc3C43c4ccccc4-c4ccccc43)c3ccc4sc5cc6ccccc6cc5c4n3)cc2)cc1. The van der Waals surface area contributed by atoms with Gasteiger partial charge < -0.3 is 0 Å². The average Bonchev–Trinajstić information content (AvgIpc) is 3.87. The van der Waals surface area contributed by atoms with Gasteiger partial charge in [0.05, 0.1) is 15.6 Å². The highest BCUT2D eigenvalue weighted by molar-refractivity contribution is 7.25. The summed E-state index contributed by atoms with van der Waals surface area (Å²) in [5.41, 5.74) is 15.8. The number of hydrogen-bond acceptors (Lipinski definition) is 3. The van der Waals surface area contributed by atoms with Crippen molar-refractivity contribution in [3.05, 3.63) is 216 Å². The molecule has 0 N–H and O–H groups in total. The Balaban J connectivity index is 1.08. The Morgan fingerprint density at radius 3 is 1.64 bits per heavy atom. The van der Waals surface area contributed by atoms with E-state index in [2.05, 4.69) is 199 Å². The Morgan fingerprint density at radius 1 is 0.400 bits per heavy atom. The summed E-state index contributed by atoms with van der Waals surface area (Å²) in [6, 6.07) is 71.3. The molecule has 1 spiro atoms. The first-order valence-electron chi connectivity index (χ1n) is 18.9. The van der Waals surface area contributed by atoms with Crippen molar-refractivity contribution in [2.75, 3.05) is 4.90 Å². The topological polar surface area (TPSA) is 16.1 Å². The van der Waals surface area contributed by atoms with E-state index in [4.69, 9.17) is 4.98 Å². The van der Waals surface area contributed by atoms with E-state index in [0.717, 1.165) is 22.7 Å². The summed E-state index contributed by atoms with van der Waals surface area (Å²) in [5.74, 6) is 0.894. The molecule has 2 nitrogen and oxygen atoms in total. The van der Waals surface area contributed by atoms with Crippen molar-refractivity contribution < 1.29 is 0 Å². The van der Waals surface area contributed by atoms with Crippen LogP contribution < -0.4 is 4.90 Å². The molecule has 3 heteroatoms. The third-order valence-corrected chi connectivity index (χ3v) is 13.0. The van der Waals surface area contributed by atoms with E-state index in [1.807, 2.05) is 11.3 Å². The second-order valence-corrected chi connectivity index (χ2v) is 15.8. The average molecular weight is 717 g/mol. The largest absolute Gasteiger partial charge is 0.295 e. The molecule has 2 heterocycles. The normalized spacial score (nSPS) is 13.2. The predicted molar refractivity (Wildman–Crippen MR) is 231 cm³/mol. The van der Waals surface area contributed by atoms with Crippen molar-refractivity contribution in [3.63, 3.8) is 0 Å². The zero-order chi connectivity index (χ0) is 36.1. The third-order valence-electron chi connectivity index (χ3n) is 11.9. The Hall–Kier alpha value is -6.81. The molecular weight excluding hydrogens is 685 g/mol. The molecule has 55 heavy (non-hydrogen) atoms. The molecule has 0 amide bonds. The molecule has 12 rings (SSSR count). The maximum Gasteiger partial charge on any atom is 0.138 e. The van der Waals surface area contributed by atoms with Crippen LogP contribution in [-0.2, 0) is 5.41 Å². The monoisotopic (exact) mass is 716 g/mol. The lowest BCUT2D eigenvalue weighted by Crippen LogP contribution is -2.25. The highest BCUT2D eigenvalue weighted by Crippen LogP contribution is 2.63. The van der Waals surface area contributed by atoms with Crippen molar-refractivity contribution in [1.29, 1.82) is 0 Å². The second kappa shape index (κ2) is 11.6. The van der Waals surface area contributed by atoms with Crippen LogP contribution in [0.5, 0.6) is 0 Å². The van der Waals surface area contributed by atoms with Gasteiger partial charge in [-0.1, -0.05) is 146 Å². The second-order valence-electron chi connectivity index (χ2n) is 14.7. The van der Waals surface area contributed by atoms with E-state index in [0.29, 0.717) is 0 Å². The van der Waals surface area contributed by atoms with Gasteiger partial charge in [0, 0.05) is 21.5 Å². The van der Waals surface area contributed by atoms with Crippen LogP contribution in [0.25, 0.3) is 64.5 Å². The number of thiophene rings is 1. The highest BCUT2D eigenvalue weighted by atomic mass is 32.1. The number of pyridine rings is 1. The molecule has 0 bridgehead atoms. The fourth-order valence-electron chi connectivity index (χ4n) is 9.52. The Morgan fingerprint density at radius 2 is 0.945 bits per heavy atom. The maximum absolute atomic E-state index is 5.51. The van der Waals surface area contributed by atoms with Crippen molar-refractivity contribution in [2.45, 2.75) is 5.41 Å². The van der Waals surface area contributed by atoms with Crippen LogP contribution in [0.2, 0.25) is 0 Å². The summed E-state index contributed by atoms with van der Waals surface area (Å²) < 4.78 is 2.45. The molecule has 0 atom stereocenters. The lowest BCUT2D eigenvalue weighted by atomic mass is 9.70. The van der Waals surface area contributed by atoms with Gasteiger partial charge in [0.15, 0.2) is 0 Å². The van der Waals surface area contributed by atoms with Crippen LogP contribution >= 0.6 is 11.3 Å². The Bertz CT molecular complexity index is 3110. The van der Waals surface area contributed by atoms with Crippen molar-refractivity contribution in [2.24, 2.45) is 0 Å². The van der Waals surface area contributed by atoms with Gasteiger partial charge in [-0.3, -0.25) is 4.90 Å². The first kappa shape index (κ1) is 30.6. The molecule has 256 valence electrons.